The van der Waals surface area contributed by atoms with Gasteiger partial charge in [-0.25, -0.2) is 0 Å². The first-order valence-electron chi connectivity index (χ1n) is 9.98. The highest BCUT2D eigenvalue weighted by molar-refractivity contribution is 7.61. The van der Waals surface area contributed by atoms with E-state index in [9.17, 15) is 24.5 Å². The molecule has 1 aliphatic heterocycles. The first-order chi connectivity index (χ1) is 14.2. The van der Waals surface area contributed by atoms with Gasteiger partial charge in [0.15, 0.2) is 5.16 Å². The van der Waals surface area contributed by atoms with Crippen molar-refractivity contribution in [1.82, 2.24) is 14.7 Å². The normalized spacial score (nSPS) is 24.8. The number of nitrogens with two attached hydrogens (primary N) is 1. The minimum atomic E-state index is -3.88. The maximum Gasteiger partial charge on any atom is 0.320 e. The van der Waals surface area contributed by atoms with Gasteiger partial charge in [0.2, 0.25) is 7.37 Å². The summed E-state index contributed by atoms with van der Waals surface area (Å²) in [5.74, 6) is -1.11. The van der Waals surface area contributed by atoms with Crippen LogP contribution in [0.15, 0.2) is 30.5 Å². The first kappa shape index (κ1) is 22.5. The van der Waals surface area contributed by atoms with Gasteiger partial charge in [0.05, 0.1) is 5.69 Å². The Hall–Kier alpha value is -2.19. The SMILES string of the molecule is Cn1nccc1-c1cc(O)ccc1CN1CCP(=O)(O)[C@](CCCCN)(C(=O)O)C1. The Balaban J connectivity index is 1.90. The summed E-state index contributed by atoms with van der Waals surface area (Å²) in [6, 6.07) is 6.87. The van der Waals surface area contributed by atoms with E-state index in [1.165, 1.54) is 0 Å². The number of phenols is 1. The second kappa shape index (κ2) is 8.89. The van der Waals surface area contributed by atoms with Gasteiger partial charge in [-0.15, -0.1) is 0 Å². The molecule has 0 aliphatic carbocycles. The van der Waals surface area contributed by atoms with Crippen LogP contribution in [0.2, 0.25) is 0 Å². The molecule has 0 spiro atoms. The number of carboxylic acid groups (broad SMARTS) is 1. The van der Waals surface area contributed by atoms with Gasteiger partial charge in [-0.2, -0.15) is 5.10 Å². The van der Waals surface area contributed by atoms with Crippen molar-refractivity contribution < 1.29 is 24.5 Å². The van der Waals surface area contributed by atoms with E-state index in [0.717, 1.165) is 16.8 Å². The molecule has 2 heterocycles. The third-order valence-corrected chi connectivity index (χ3v) is 8.60. The lowest BCUT2D eigenvalue weighted by molar-refractivity contribution is -0.141. The monoisotopic (exact) mass is 436 g/mol. The van der Waals surface area contributed by atoms with Crippen LogP contribution in [-0.4, -0.2) is 66.7 Å². The molecule has 0 bridgehead atoms. The molecule has 10 heteroatoms. The van der Waals surface area contributed by atoms with E-state index >= 15 is 0 Å². The Bertz CT molecular complexity index is 962. The summed E-state index contributed by atoms with van der Waals surface area (Å²) in [5.41, 5.74) is 8.02. The molecular formula is C20H29N4O5P. The molecule has 0 saturated carbocycles. The van der Waals surface area contributed by atoms with Crippen LogP contribution in [0.4, 0.5) is 0 Å². The van der Waals surface area contributed by atoms with Crippen LogP contribution in [0.5, 0.6) is 5.75 Å². The number of aryl methyl sites for hydroxylation is 1. The minimum Gasteiger partial charge on any atom is -0.508 e. The van der Waals surface area contributed by atoms with E-state index in [-0.39, 0.29) is 24.9 Å². The molecule has 5 N–H and O–H groups in total. The van der Waals surface area contributed by atoms with E-state index in [1.54, 1.807) is 36.1 Å². The molecule has 1 saturated heterocycles. The number of hydrogen-bond acceptors (Lipinski definition) is 6. The maximum atomic E-state index is 12.9. The van der Waals surface area contributed by atoms with Crippen molar-refractivity contribution in [3.05, 3.63) is 36.0 Å². The number of rotatable bonds is 8. The van der Waals surface area contributed by atoms with Gasteiger partial charge in [0.25, 0.3) is 0 Å². The number of phenolic OH excluding ortho intramolecular Hbond substituents is 1. The summed E-state index contributed by atoms with van der Waals surface area (Å²) in [6.07, 6.45) is 2.81. The fourth-order valence-corrected chi connectivity index (χ4v) is 6.35. The van der Waals surface area contributed by atoms with E-state index in [4.69, 9.17) is 5.73 Å². The van der Waals surface area contributed by atoms with Crippen molar-refractivity contribution in [3.8, 4) is 17.0 Å². The number of aliphatic carboxylic acids is 1. The molecule has 1 fully saturated rings. The largest absolute Gasteiger partial charge is 0.508 e. The predicted molar refractivity (Wildman–Crippen MR) is 114 cm³/mol. The minimum absolute atomic E-state index is 0.00755. The zero-order valence-electron chi connectivity index (χ0n) is 17.1. The molecular weight excluding hydrogens is 407 g/mol. The average molecular weight is 436 g/mol. The maximum absolute atomic E-state index is 12.9. The number of aromatic nitrogens is 2. The lowest BCUT2D eigenvalue weighted by Gasteiger charge is -2.43. The molecule has 1 aromatic heterocycles. The molecule has 164 valence electrons. The van der Waals surface area contributed by atoms with Crippen molar-refractivity contribution in [2.45, 2.75) is 31.0 Å². The quantitative estimate of drug-likeness (QED) is 0.363. The van der Waals surface area contributed by atoms with Gasteiger partial charge >= 0.3 is 5.97 Å². The molecule has 9 nitrogen and oxygen atoms in total. The highest BCUT2D eigenvalue weighted by Crippen LogP contribution is 2.59. The highest BCUT2D eigenvalue weighted by Gasteiger charge is 2.56. The van der Waals surface area contributed by atoms with Crippen molar-refractivity contribution >= 4 is 13.3 Å². The first-order valence-corrected chi connectivity index (χ1v) is 11.8. The third-order valence-electron chi connectivity index (χ3n) is 5.90. The summed E-state index contributed by atoms with van der Waals surface area (Å²) in [6.45, 7) is 1.13. The predicted octanol–water partition coefficient (Wildman–Crippen LogP) is 1.83. The Morgan fingerprint density at radius 1 is 1.33 bits per heavy atom. The van der Waals surface area contributed by atoms with Crippen LogP contribution in [0.3, 0.4) is 0 Å². The van der Waals surface area contributed by atoms with Gasteiger partial charge in [-0.3, -0.25) is 18.9 Å². The summed E-state index contributed by atoms with van der Waals surface area (Å²) in [5, 5.41) is 22.4. The summed E-state index contributed by atoms with van der Waals surface area (Å²) < 4.78 is 14.6. The summed E-state index contributed by atoms with van der Waals surface area (Å²) in [7, 11) is -2.07. The number of hydrogen-bond donors (Lipinski definition) is 4. The number of carbonyl (C=O) groups is 1. The fraction of sp³-hybridized carbons (Fsp3) is 0.500. The lowest BCUT2D eigenvalue weighted by atomic mass is 9.98. The van der Waals surface area contributed by atoms with Gasteiger partial charge in [0, 0.05) is 44.6 Å². The second-order valence-electron chi connectivity index (χ2n) is 7.90. The summed E-state index contributed by atoms with van der Waals surface area (Å²) in [4.78, 5) is 24.7. The van der Waals surface area contributed by atoms with Crippen LogP contribution in [0.1, 0.15) is 24.8 Å². The molecule has 30 heavy (non-hydrogen) atoms. The highest BCUT2D eigenvalue weighted by atomic mass is 31.2. The van der Waals surface area contributed by atoms with Crippen LogP contribution in [0.25, 0.3) is 11.3 Å². The van der Waals surface area contributed by atoms with Crippen molar-refractivity contribution in [1.29, 1.82) is 0 Å². The van der Waals surface area contributed by atoms with Crippen LogP contribution in [-0.2, 0) is 23.0 Å². The van der Waals surface area contributed by atoms with E-state index in [0.29, 0.717) is 32.5 Å². The van der Waals surface area contributed by atoms with Gasteiger partial charge in [-0.05, 0) is 43.1 Å². The zero-order chi connectivity index (χ0) is 21.9. The molecule has 1 aliphatic rings. The zero-order valence-corrected chi connectivity index (χ0v) is 18.0. The molecule has 1 unspecified atom stereocenters. The third kappa shape index (κ3) is 4.30. The van der Waals surface area contributed by atoms with Crippen molar-refractivity contribution in [3.63, 3.8) is 0 Å². The molecule has 1 aromatic carbocycles. The second-order valence-corrected chi connectivity index (χ2v) is 10.6. The Labute approximate surface area is 175 Å². The smallest absolute Gasteiger partial charge is 0.320 e. The molecule has 0 amide bonds. The van der Waals surface area contributed by atoms with E-state index in [1.807, 2.05) is 11.0 Å². The van der Waals surface area contributed by atoms with E-state index < -0.39 is 18.5 Å². The van der Waals surface area contributed by atoms with Crippen molar-refractivity contribution in [2.24, 2.45) is 12.8 Å². The number of nitrogens with zero attached hydrogens (tertiary/aromatic N) is 3. The topological polar surface area (TPSA) is 142 Å². The number of benzene rings is 1. The fourth-order valence-electron chi connectivity index (χ4n) is 4.14. The lowest BCUT2D eigenvalue weighted by Crippen LogP contribution is -2.53. The Morgan fingerprint density at radius 2 is 2.10 bits per heavy atom. The van der Waals surface area contributed by atoms with Gasteiger partial charge in [0.1, 0.15) is 5.75 Å². The number of aromatic hydroxyl groups is 1. The standard InChI is InChI=1S/C20H29N4O5P/c1-23-18(6-9-22-23)17-12-16(25)5-4-15(17)13-24-10-11-30(28,29)20(14-24,19(26)27)7-2-3-8-21/h4-6,9,12,25H,2-3,7-8,10-11,13-14,21H2,1H3,(H,26,27)(H,28,29)/t20-/m0/s1. The Morgan fingerprint density at radius 3 is 2.73 bits per heavy atom. The van der Waals surface area contributed by atoms with E-state index in [2.05, 4.69) is 5.10 Å². The van der Waals surface area contributed by atoms with Crippen LogP contribution in [0, 0.1) is 0 Å². The molecule has 0 radical (unpaired) electrons. The summed E-state index contributed by atoms with van der Waals surface area (Å²) >= 11 is 0. The molecule has 2 atom stereocenters. The van der Waals surface area contributed by atoms with Gasteiger partial charge < -0.3 is 20.8 Å². The molecule has 2 aromatic rings. The van der Waals surface area contributed by atoms with Crippen molar-refractivity contribution in [2.75, 3.05) is 25.8 Å². The Kier molecular flexibility index (Phi) is 6.67. The van der Waals surface area contributed by atoms with Crippen LogP contribution >= 0.6 is 7.37 Å². The number of unbranched alkanes of at least 4 members (excludes halogenated alkanes) is 1. The van der Waals surface area contributed by atoms with Crippen LogP contribution < -0.4 is 5.73 Å². The number of carboxylic acids is 1. The van der Waals surface area contributed by atoms with Gasteiger partial charge in [-0.1, -0.05) is 12.5 Å². The average Bonchev–Trinajstić information content (AvgIpc) is 3.11. The molecule has 3 rings (SSSR count).